The summed E-state index contributed by atoms with van der Waals surface area (Å²) in [5.74, 6) is 1.66. The summed E-state index contributed by atoms with van der Waals surface area (Å²) in [7, 11) is 0. The Morgan fingerprint density at radius 1 is 1.29 bits per heavy atom. The Morgan fingerprint density at radius 2 is 2.10 bits per heavy atom. The van der Waals surface area contributed by atoms with Crippen molar-refractivity contribution in [1.82, 2.24) is 5.32 Å². The van der Waals surface area contributed by atoms with Crippen molar-refractivity contribution < 1.29 is 9.15 Å². The van der Waals surface area contributed by atoms with Gasteiger partial charge < -0.3 is 14.5 Å². The van der Waals surface area contributed by atoms with Crippen LogP contribution in [0.5, 0.6) is 0 Å². The molecule has 1 fully saturated rings. The van der Waals surface area contributed by atoms with E-state index in [1.54, 1.807) is 0 Å². The van der Waals surface area contributed by atoms with Crippen molar-refractivity contribution in [3.63, 3.8) is 0 Å². The van der Waals surface area contributed by atoms with Gasteiger partial charge in [-0.3, -0.25) is 0 Å². The normalized spacial score (nSPS) is 23.8. The number of likely N-dealkylation sites (N-methyl/N-ethyl adjacent to an activating group) is 1. The summed E-state index contributed by atoms with van der Waals surface area (Å²) in [5, 5.41) is 4.86. The molecule has 114 valence electrons. The summed E-state index contributed by atoms with van der Waals surface area (Å²) < 4.78 is 12.1. The molecule has 0 aliphatic carbocycles. The molecule has 1 N–H and O–H groups in total. The molecule has 1 aliphatic heterocycles. The molecule has 1 saturated heterocycles. The molecule has 0 radical (unpaired) electrons. The lowest BCUT2D eigenvalue weighted by atomic mass is 9.90. The van der Waals surface area contributed by atoms with Gasteiger partial charge >= 0.3 is 0 Å². The number of hydrogen-bond acceptors (Lipinski definition) is 3. The molecule has 1 aromatic carbocycles. The lowest BCUT2D eigenvalue weighted by Gasteiger charge is -2.27. The Kier molecular flexibility index (Phi) is 4.32. The van der Waals surface area contributed by atoms with Crippen molar-refractivity contribution in [3.8, 4) is 0 Å². The zero-order valence-electron chi connectivity index (χ0n) is 13.2. The molecule has 1 aromatic heterocycles. The fraction of sp³-hybridized carbons (Fsp3) is 0.556. The Hall–Kier alpha value is -1.32. The molecule has 2 aromatic rings. The zero-order chi connectivity index (χ0) is 14.8. The average molecular weight is 287 g/mol. The van der Waals surface area contributed by atoms with E-state index in [0.29, 0.717) is 5.92 Å². The van der Waals surface area contributed by atoms with E-state index in [0.717, 1.165) is 37.3 Å². The molecular formula is C18H25NO2. The third kappa shape index (κ3) is 2.60. The van der Waals surface area contributed by atoms with Gasteiger partial charge in [0.05, 0.1) is 12.1 Å². The summed E-state index contributed by atoms with van der Waals surface area (Å²) in [5.41, 5.74) is 2.28. The van der Waals surface area contributed by atoms with Gasteiger partial charge in [-0.25, -0.2) is 0 Å². The number of para-hydroxylation sites is 1. The van der Waals surface area contributed by atoms with Crippen molar-refractivity contribution in [2.45, 2.75) is 45.8 Å². The standard InChI is InChI=1S/C18H25NO2/c1-4-14-16(13-8-6-7-9-15(13)21-14)17(19-5-2)18-12(3)10-11-20-18/h6-9,12,17-19H,4-5,10-11H2,1-3H3. The maximum Gasteiger partial charge on any atom is 0.134 e. The lowest BCUT2D eigenvalue weighted by Crippen LogP contribution is -2.35. The van der Waals surface area contributed by atoms with Crippen molar-refractivity contribution in [2.75, 3.05) is 13.2 Å². The number of nitrogens with one attached hydrogen (secondary N) is 1. The van der Waals surface area contributed by atoms with Gasteiger partial charge in [-0.05, 0) is 24.9 Å². The van der Waals surface area contributed by atoms with Gasteiger partial charge in [-0.15, -0.1) is 0 Å². The molecule has 0 bridgehead atoms. The summed E-state index contributed by atoms with van der Waals surface area (Å²) in [6.45, 7) is 8.39. The second kappa shape index (κ2) is 6.20. The molecule has 0 amide bonds. The first-order valence-corrected chi connectivity index (χ1v) is 8.11. The number of benzene rings is 1. The third-order valence-corrected chi connectivity index (χ3v) is 4.54. The molecule has 0 saturated carbocycles. The lowest BCUT2D eigenvalue weighted by molar-refractivity contribution is 0.0610. The van der Waals surface area contributed by atoms with Crippen LogP contribution in [-0.4, -0.2) is 19.3 Å². The van der Waals surface area contributed by atoms with Crippen molar-refractivity contribution in [1.29, 1.82) is 0 Å². The van der Waals surface area contributed by atoms with Crippen LogP contribution in [0.15, 0.2) is 28.7 Å². The van der Waals surface area contributed by atoms with E-state index in [2.05, 4.69) is 44.3 Å². The highest BCUT2D eigenvalue weighted by molar-refractivity contribution is 5.83. The predicted octanol–water partition coefficient (Wildman–Crippen LogP) is 4.07. The first-order valence-electron chi connectivity index (χ1n) is 8.11. The molecule has 3 rings (SSSR count). The zero-order valence-corrected chi connectivity index (χ0v) is 13.2. The molecule has 2 heterocycles. The molecule has 3 unspecified atom stereocenters. The molecule has 3 atom stereocenters. The molecular weight excluding hydrogens is 262 g/mol. The van der Waals surface area contributed by atoms with Crippen LogP contribution < -0.4 is 5.32 Å². The Balaban J connectivity index is 2.09. The minimum absolute atomic E-state index is 0.214. The second-order valence-corrected chi connectivity index (χ2v) is 5.93. The highest BCUT2D eigenvalue weighted by atomic mass is 16.5. The van der Waals surface area contributed by atoms with Crippen LogP contribution in [0.4, 0.5) is 0 Å². The minimum Gasteiger partial charge on any atom is -0.461 e. The number of aryl methyl sites for hydroxylation is 1. The maximum atomic E-state index is 6.07. The van der Waals surface area contributed by atoms with Crippen LogP contribution >= 0.6 is 0 Å². The maximum absolute atomic E-state index is 6.07. The van der Waals surface area contributed by atoms with Crippen molar-refractivity contribution in [3.05, 3.63) is 35.6 Å². The number of fused-ring (bicyclic) bond motifs is 1. The van der Waals surface area contributed by atoms with E-state index >= 15 is 0 Å². The van der Waals surface area contributed by atoms with Crippen LogP contribution in [-0.2, 0) is 11.2 Å². The summed E-state index contributed by atoms with van der Waals surface area (Å²) in [6, 6.07) is 8.55. The summed E-state index contributed by atoms with van der Waals surface area (Å²) in [4.78, 5) is 0. The van der Waals surface area contributed by atoms with Crippen LogP contribution in [0.25, 0.3) is 11.0 Å². The second-order valence-electron chi connectivity index (χ2n) is 5.93. The summed E-state index contributed by atoms with van der Waals surface area (Å²) >= 11 is 0. The number of hydrogen-bond donors (Lipinski definition) is 1. The number of furan rings is 1. The molecule has 0 spiro atoms. The molecule has 1 aliphatic rings. The fourth-order valence-electron chi connectivity index (χ4n) is 3.47. The monoisotopic (exact) mass is 287 g/mol. The van der Waals surface area contributed by atoms with Gasteiger partial charge in [0.15, 0.2) is 0 Å². The molecule has 21 heavy (non-hydrogen) atoms. The van der Waals surface area contributed by atoms with Crippen molar-refractivity contribution in [2.24, 2.45) is 5.92 Å². The van der Waals surface area contributed by atoms with Crippen LogP contribution in [0.1, 0.15) is 44.6 Å². The van der Waals surface area contributed by atoms with E-state index in [4.69, 9.17) is 9.15 Å². The van der Waals surface area contributed by atoms with Gasteiger partial charge in [0, 0.05) is 24.0 Å². The van der Waals surface area contributed by atoms with E-state index in [-0.39, 0.29) is 12.1 Å². The quantitative estimate of drug-likeness (QED) is 0.900. The van der Waals surface area contributed by atoms with Gasteiger partial charge in [0.1, 0.15) is 11.3 Å². The predicted molar refractivity (Wildman–Crippen MR) is 85.5 cm³/mol. The Labute approximate surface area is 126 Å². The van der Waals surface area contributed by atoms with Gasteiger partial charge in [-0.1, -0.05) is 39.0 Å². The first-order chi connectivity index (χ1) is 10.3. The minimum atomic E-state index is 0.214. The third-order valence-electron chi connectivity index (χ3n) is 4.54. The van der Waals surface area contributed by atoms with E-state index in [1.807, 2.05) is 6.07 Å². The largest absolute Gasteiger partial charge is 0.461 e. The summed E-state index contributed by atoms with van der Waals surface area (Å²) in [6.07, 6.45) is 2.29. The van der Waals surface area contributed by atoms with Crippen LogP contribution in [0.3, 0.4) is 0 Å². The van der Waals surface area contributed by atoms with Gasteiger partial charge in [0.25, 0.3) is 0 Å². The molecule has 3 heteroatoms. The smallest absolute Gasteiger partial charge is 0.134 e. The van der Waals surface area contributed by atoms with Crippen molar-refractivity contribution >= 4 is 11.0 Å². The van der Waals surface area contributed by atoms with Crippen LogP contribution in [0, 0.1) is 5.92 Å². The van der Waals surface area contributed by atoms with Gasteiger partial charge in [-0.2, -0.15) is 0 Å². The van der Waals surface area contributed by atoms with Gasteiger partial charge in [0.2, 0.25) is 0 Å². The first kappa shape index (κ1) is 14.6. The highest BCUT2D eigenvalue weighted by Gasteiger charge is 2.35. The van der Waals surface area contributed by atoms with Crippen LogP contribution in [0.2, 0.25) is 0 Å². The van der Waals surface area contributed by atoms with E-state index in [9.17, 15) is 0 Å². The SMILES string of the molecule is CCNC(c1c(CC)oc2ccccc12)C1OCCC1C. The molecule has 3 nitrogen and oxygen atoms in total. The fourth-order valence-corrected chi connectivity index (χ4v) is 3.47. The Morgan fingerprint density at radius 3 is 2.76 bits per heavy atom. The topological polar surface area (TPSA) is 34.4 Å². The highest BCUT2D eigenvalue weighted by Crippen LogP contribution is 2.38. The Bertz CT molecular complexity index is 604. The number of rotatable bonds is 5. The average Bonchev–Trinajstić information content (AvgIpc) is 3.08. The van der Waals surface area contributed by atoms with E-state index in [1.165, 1.54) is 10.9 Å². The van der Waals surface area contributed by atoms with E-state index < -0.39 is 0 Å². The number of ether oxygens (including phenoxy) is 1.